The van der Waals surface area contributed by atoms with Crippen LogP contribution in [0.25, 0.3) is 0 Å². The zero-order valence-corrected chi connectivity index (χ0v) is 8.34. The van der Waals surface area contributed by atoms with Crippen LogP contribution in [0.2, 0.25) is 18.1 Å². The zero-order chi connectivity index (χ0) is 8.81. The largest absolute Gasteiger partial charge is 0.463 e. The van der Waals surface area contributed by atoms with Crippen molar-refractivity contribution in [3.05, 3.63) is 12.7 Å². The highest BCUT2D eigenvalue weighted by atomic mass is 28.3. The molecule has 3 heteroatoms. The second-order valence-corrected chi connectivity index (χ2v) is 6.08. The van der Waals surface area contributed by atoms with Gasteiger partial charge in [-0.1, -0.05) is 31.1 Å². The number of rotatable bonds is 5. The Balaban J connectivity index is 1.88. The summed E-state index contributed by atoms with van der Waals surface area (Å²) in [6, 6.07) is 4.26. The molecular formula is C9H15O2Si. The Hall–Kier alpha value is -0.573. The fourth-order valence-electron chi connectivity index (χ4n) is 1.23. The summed E-state index contributed by atoms with van der Waals surface area (Å²) in [6.45, 7) is 3.92. The van der Waals surface area contributed by atoms with E-state index in [-0.39, 0.29) is 14.8 Å². The molecule has 1 heterocycles. The summed E-state index contributed by atoms with van der Waals surface area (Å²) in [4.78, 5) is 10.6. The van der Waals surface area contributed by atoms with Crippen molar-refractivity contribution in [2.75, 3.05) is 6.61 Å². The summed E-state index contributed by atoms with van der Waals surface area (Å²) in [6.07, 6.45) is 3.70. The summed E-state index contributed by atoms with van der Waals surface area (Å²) in [5.41, 5.74) is 0. The predicted octanol–water partition coefficient (Wildman–Crippen LogP) is 2.00. The smallest absolute Gasteiger partial charge is 0.330 e. The molecule has 0 N–H and O–H groups in total. The first-order valence-corrected chi connectivity index (χ1v) is 6.58. The zero-order valence-electron chi connectivity index (χ0n) is 7.34. The topological polar surface area (TPSA) is 26.3 Å². The standard InChI is InChI=1S/C9H15O2Si/c1-2-9(10)11-5-3-6-12-7-4-8-12/h2H,1,3-8H2. The molecule has 1 rings (SSSR count). The molecule has 0 aromatic heterocycles. The summed E-state index contributed by atoms with van der Waals surface area (Å²) in [5, 5.41) is 0. The maximum atomic E-state index is 10.6. The second-order valence-electron chi connectivity index (χ2n) is 3.08. The van der Waals surface area contributed by atoms with Crippen LogP contribution in [-0.2, 0) is 9.53 Å². The van der Waals surface area contributed by atoms with Crippen molar-refractivity contribution in [2.24, 2.45) is 0 Å². The molecule has 0 saturated carbocycles. The molecule has 1 radical (unpaired) electrons. The van der Waals surface area contributed by atoms with Crippen molar-refractivity contribution in [2.45, 2.75) is 31.0 Å². The Morgan fingerprint density at radius 1 is 1.58 bits per heavy atom. The highest BCUT2D eigenvalue weighted by molar-refractivity contribution is 6.61. The molecule has 0 aromatic rings. The Labute approximate surface area is 75.2 Å². The average Bonchev–Trinajstić information content (AvgIpc) is 2.00. The van der Waals surface area contributed by atoms with Crippen LogP contribution >= 0.6 is 0 Å². The average molecular weight is 183 g/mol. The van der Waals surface area contributed by atoms with Crippen molar-refractivity contribution >= 4 is 14.8 Å². The Bertz CT molecular complexity index is 164. The van der Waals surface area contributed by atoms with E-state index in [0.29, 0.717) is 6.61 Å². The minimum atomic E-state index is -0.291. The highest BCUT2D eigenvalue weighted by Crippen LogP contribution is 2.24. The third-order valence-electron chi connectivity index (χ3n) is 2.15. The van der Waals surface area contributed by atoms with Gasteiger partial charge in [-0.2, -0.15) is 0 Å². The second kappa shape index (κ2) is 5.14. The Morgan fingerprint density at radius 3 is 2.83 bits per heavy atom. The van der Waals surface area contributed by atoms with Crippen LogP contribution in [0.3, 0.4) is 0 Å². The van der Waals surface area contributed by atoms with Gasteiger partial charge in [-0.3, -0.25) is 0 Å². The van der Waals surface area contributed by atoms with E-state index in [1.807, 2.05) is 0 Å². The molecule has 0 aliphatic carbocycles. The molecule has 0 unspecified atom stereocenters. The van der Waals surface area contributed by atoms with E-state index in [2.05, 4.69) is 6.58 Å². The van der Waals surface area contributed by atoms with Gasteiger partial charge >= 0.3 is 5.97 Å². The van der Waals surface area contributed by atoms with Gasteiger partial charge in [0.15, 0.2) is 0 Å². The molecule has 0 bridgehead atoms. The van der Waals surface area contributed by atoms with Gasteiger partial charge in [-0.05, 0) is 6.42 Å². The van der Waals surface area contributed by atoms with Crippen LogP contribution in [-0.4, -0.2) is 21.4 Å². The third kappa shape index (κ3) is 3.22. The van der Waals surface area contributed by atoms with Gasteiger partial charge in [0, 0.05) is 14.9 Å². The van der Waals surface area contributed by atoms with Crippen molar-refractivity contribution in [3.63, 3.8) is 0 Å². The highest BCUT2D eigenvalue weighted by Gasteiger charge is 2.18. The fourth-order valence-corrected chi connectivity index (χ4v) is 3.23. The van der Waals surface area contributed by atoms with Crippen LogP contribution in [0.15, 0.2) is 12.7 Å². The van der Waals surface area contributed by atoms with Gasteiger partial charge in [0.05, 0.1) is 6.61 Å². The van der Waals surface area contributed by atoms with Crippen molar-refractivity contribution in [3.8, 4) is 0 Å². The monoisotopic (exact) mass is 183 g/mol. The van der Waals surface area contributed by atoms with E-state index >= 15 is 0 Å². The number of hydrogen-bond donors (Lipinski definition) is 0. The summed E-state index contributed by atoms with van der Waals surface area (Å²) >= 11 is 0. The van der Waals surface area contributed by atoms with E-state index < -0.39 is 0 Å². The SMILES string of the molecule is C=CC(=O)OCCC[Si]1CCC1. The molecule has 1 aliphatic rings. The summed E-state index contributed by atoms with van der Waals surface area (Å²) in [7, 11) is 0.0301. The number of carbonyl (C=O) groups is 1. The van der Waals surface area contributed by atoms with Crippen LogP contribution in [0.5, 0.6) is 0 Å². The first-order chi connectivity index (χ1) is 5.83. The third-order valence-corrected chi connectivity index (χ3v) is 5.33. The number of carbonyl (C=O) groups excluding carboxylic acids is 1. The van der Waals surface area contributed by atoms with Crippen LogP contribution < -0.4 is 0 Å². The molecule has 0 amide bonds. The normalized spacial score (nSPS) is 16.7. The minimum Gasteiger partial charge on any atom is -0.463 e. The van der Waals surface area contributed by atoms with Gasteiger partial charge < -0.3 is 4.74 Å². The maximum Gasteiger partial charge on any atom is 0.330 e. The molecule has 2 nitrogen and oxygen atoms in total. The Kier molecular flexibility index (Phi) is 4.08. The van der Waals surface area contributed by atoms with Gasteiger partial charge in [0.2, 0.25) is 0 Å². The van der Waals surface area contributed by atoms with Crippen molar-refractivity contribution < 1.29 is 9.53 Å². The summed E-state index contributed by atoms with van der Waals surface area (Å²) < 4.78 is 4.87. The van der Waals surface area contributed by atoms with Crippen molar-refractivity contribution in [1.29, 1.82) is 0 Å². The number of hydrogen-bond acceptors (Lipinski definition) is 2. The molecule has 1 saturated heterocycles. The molecule has 1 fully saturated rings. The van der Waals surface area contributed by atoms with Gasteiger partial charge in [0.25, 0.3) is 0 Å². The molecule has 1 aliphatic heterocycles. The van der Waals surface area contributed by atoms with Gasteiger partial charge in [0.1, 0.15) is 0 Å². The molecule has 0 spiro atoms. The predicted molar refractivity (Wildman–Crippen MR) is 50.6 cm³/mol. The lowest BCUT2D eigenvalue weighted by Crippen LogP contribution is -2.21. The lowest BCUT2D eigenvalue weighted by atomic mass is 10.5. The number of esters is 1. The Morgan fingerprint density at radius 2 is 2.33 bits per heavy atom. The maximum absolute atomic E-state index is 10.6. The minimum absolute atomic E-state index is 0.0301. The van der Waals surface area contributed by atoms with Gasteiger partial charge in [-0.15, -0.1) is 0 Å². The quantitative estimate of drug-likeness (QED) is 0.282. The van der Waals surface area contributed by atoms with E-state index in [1.54, 1.807) is 0 Å². The first-order valence-electron chi connectivity index (χ1n) is 4.45. The summed E-state index contributed by atoms with van der Waals surface area (Å²) in [5.74, 6) is -0.291. The molecule has 0 aromatic carbocycles. The van der Waals surface area contributed by atoms with Crippen LogP contribution in [0.1, 0.15) is 12.8 Å². The van der Waals surface area contributed by atoms with Crippen LogP contribution in [0, 0.1) is 0 Å². The van der Waals surface area contributed by atoms with E-state index in [9.17, 15) is 4.79 Å². The molecule has 0 atom stereocenters. The van der Waals surface area contributed by atoms with E-state index in [0.717, 1.165) is 6.42 Å². The van der Waals surface area contributed by atoms with Crippen LogP contribution in [0.4, 0.5) is 0 Å². The van der Waals surface area contributed by atoms with E-state index in [1.165, 1.54) is 30.6 Å². The van der Waals surface area contributed by atoms with Crippen molar-refractivity contribution in [1.82, 2.24) is 0 Å². The lowest BCUT2D eigenvalue weighted by Gasteiger charge is -2.22. The molecular weight excluding hydrogens is 168 g/mol. The lowest BCUT2D eigenvalue weighted by molar-refractivity contribution is -0.137. The van der Waals surface area contributed by atoms with Gasteiger partial charge in [-0.25, -0.2) is 4.79 Å². The fraction of sp³-hybridized carbons (Fsp3) is 0.667. The molecule has 12 heavy (non-hydrogen) atoms. The number of ether oxygens (including phenoxy) is 1. The first kappa shape index (κ1) is 9.51. The molecule has 67 valence electrons. The van der Waals surface area contributed by atoms with E-state index in [4.69, 9.17) is 4.74 Å².